The Kier molecular flexibility index (Phi) is 21.8. The molecule has 3 rings (SSSR count). The third-order valence-electron chi connectivity index (χ3n) is 11.3. The van der Waals surface area contributed by atoms with Gasteiger partial charge in [0.25, 0.3) is 5.91 Å². The van der Waals surface area contributed by atoms with Crippen LogP contribution in [0.4, 0.5) is 0 Å². The number of methoxy groups -OCH3 is 1. The third-order valence-corrected chi connectivity index (χ3v) is 12.3. The van der Waals surface area contributed by atoms with E-state index in [1.807, 2.05) is 53.5 Å². The van der Waals surface area contributed by atoms with E-state index in [1.165, 1.54) is 24.3 Å². The van der Waals surface area contributed by atoms with E-state index < -0.39 is 78.6 Å². The number of carbonyl (C=O) groups is 7. The van der Waals surface area contributed by atoms with Crippen LogP contribution in [0, 0.1) is 23.7 Å². The number of amides is 3. The van der Waals surface area contributed by atoms with Gasteiger partial charge in [-0.05, 0) is 74.7 Å². The summed E-state index contributed by atoms with van der Waals surface area (Å²) in [7, 11) is 3.28. The number of hydrogen-bond acceptors (Lipinski definition) is 14. The fourth-order valence-corrected chi connectivity index (χ4v) is 8.37. The summed E-state index contributed by atoms with van der Waals surface area (Å²) in [5.74, 6) is -5.06. The molecule has 2 aromatic rings. The van der Waals surface area contributed by atoms with Gasteiger partial charge in [-0.2, -0.15) is 0 Å². The minimum atomic E-state index is -1.04. The largest absolute Gasteiger partial charge is 0.481 e. The predicted octanol–water partition coefficient (Wildman–Crippen LogP) is 5.56. The first-order valence-electron chi connectivity index (χ1n) is 22.2. The standard InChI is InChI=1S/C46H69N5O12S/c1-11-29(6)41(49-43(56)36-14-12-13-19-50(36)9)45(57)51(26-61-39(53)20-27(2)3)37(28(4)5)23-38(62-31(8)52)44-48-35(25-64-44)42(55)47-33(21-30(7)46(58)59)22-32-15-17-34(18-16-32)63-40(54)24-60-10/h15-18,25,27-30,33,36-38,41H,11-14,19-24,26H2,1-10H3,(H,47,55)(H,49,56)(H,58,59). The number of aromatic nitrogens is 1. The predicted molar refractivity (Wildman–Crippen MR) is 239 cm³/mol. The van der Waals surface area contributed by atoms with Crippen molar-refractivity contribution in [2.45, 2.75) is 137 Å². The second-order valence-electron chi connectivity index (χ2n) is 17.5. The van der Waals surface area contributed by atoms with E-state index in [2.05, 4.69) is 15.6 Å². The van der Waals surface area contributed by atoms with Gasteiger partial charge in [0.15, 0.2) is 12.8 Å². The van der Waals surface area contributed by atoms with Crippen LogP contribution in [0.15, 0.2) is 29.6 Å². The number of carboxylic acids is 1. The van der Waals surface area contributed by atoms with Gasteiger partial charge in [-0.3, -0.25) is 33.7 Å². The average molecular weight is 916 g/mol. The van der Waals surface area contributed by atoms with Gasteiger partial charge in [0.2, 0.25) is 11.8 Å². The van der Waals surface area contributed by atoms with Crippen LogP contribution >= 0.6 is 11.3 Å². The number of thiazole rings is 1. The number of rotatable bonds is 25. The summed E-state index contributed by atoms with van der Waals surface area (Å²) in [6.07, 6.45) is 2.56. The molecule has 3 N–H and O–H groups in total. The molecule has 0 radical (unpaired) electrons. The lowest BCUT2D eigenvalue weighted by atomic mass is 9.92. The quantitative estimate of drug-likeness (QED) is 0.0632. The second kappa shape index (κ2) is 26.1. The summed E-state index contributed by atoms with van der Waals surface area (Å²) in [4.78, 5) is 99.8. The van der Waals surface area contributed by atoms with E-state index in [4.69, 9.17) is 18.9 Å². The Hall–Kier alpha value is -4.94. The van der Waals surface area contributed by atoms with E-state index >= 15 is 0 Å². The summed E-state index contributed by atoms with van der Waals surface area (Å²) < 4.78 is 21.6. The van der Waals surface area contributed by atoms with Crippen molar-refractivity contribution in [2.75, 3.05) is 34.0 Å². The van der Waals surface area contributed by atoms with Gasteiger partial charge in [-0.1, -0.05) is 73.4 Å². The fraction of sp³-hybridized carbons (Fsp3) is 0.652. The number of likely N-dealkylation sites (N-methyl/N-ethyl adjacent to an activating group) is 1. The molecule has 3 amide bonds. The second-order valence-corrected chi connectivity index (χ2v) is 18.4. The van der Waals surface area contributed by atoms with Gasteiger partial charge in [-0.15, -0.1) is 11.3 Å². The number of hydrogen-bond donors (Lipinski definition) is 3. The molecule has 1 aromatic carbocycles. The van der Waals surface area contributed by atoms with Crippen LogP contribution in [0.2, 0.25) is 0 Å². The molecule has 1 aliphatic heterocycles. The van der Waals surface area contributed by atoms with Crippen LogP contribution < -0.4 is 15.4 Å². The highest BCUT2D eigenvalue weighted by Gasteiger charge is 2.39. The Labute approximate surface area is 381 Å². The van der Waals surface area contributed by atoms with E-state index in [0.717, 1.165) is 36.3 Å². The Morgan fingerprint density at radius 2 is 1.66 bits per heavy atom. The van der Waals surface area contributed by atoms with Gasteiger partial charge in [-0.25, -0.2) is 9.78 Å². The molecule has 0 aliphatic carbocycles. The van der Waals surface area contributed by atoms with E-state index in [9.17, 15) is 38.7 Å². The molecule has 1 aromatic heterocycles. The van der Waals surface area contributed by atoms with Crippen LogP contribution in [-0.2, 0) is 49.4 Å². The van der Waals surface area contributed by atoms with Crippen molar-refractivity contribution in [2.24, 2.45) is 23.7 Å². The van der Waals surface area contributed by atoms with Crippen molar-refractivity contribution in [1.82, 2.24) is 25.4 Å². The Morgan fingerprint density at radius 1 is 0.969 bits per heavy atom. The van der Waals surface area contributed by atoms with Crippen LogP contribution in [0.3, 0.4) is 0 Å². The van der Waals surface area contributed by atoms with Gasteiger partial charge in [0.1, 0.15) is 29.1 Å². The number of nitrogens with one attached hydrogen (secondary N) is 2. The van der Waals surface area contributed by atoms with E-state index in [-0.39, 0.29) is 66.7 Å². The van der Waals surface area contributed by atoms with Crippen molar-refractivity contribution in [3.8, 4) is 5.75 Å². The molecule has 7 unspecified atom stereocenters. The molecule has 1 fully saturated rings. The highest BCUT2D eigenvalue weighted by atomic mass is 32.1. The molecule has 7 atom stereocenters. The molecule has 0 bridgehead atoms. The zero-order valence-electron chi connectivity index (χ0n) is 39.0. The van der Waals surface area contributed by atoms with Crippen molar-refractivity contribution >= 4 is 52.9 Å². The maximum atomic E-state index is 14.9. The van der Waals surface area contributed by atoms with E-state index in [0.29, 0.717) is 18.6 Å². The highest BCUT2D eigenvalue weighted by Crippen LogP contribution is 2.32. The molecular formula is C46H69N5O12S. The van der Waals surface area contributed by atoms with Crippen LogP contribution in [0.5, 0.6) is 5.75 Å². The summed E-state index contributed by atoms with van der Waals surface area (Å²) in [6, 6.07) is 3.92. The van der Waals surface area contributed by atoms with Crippen molar-refractivity contribution in [1.29, 1.82) is 0 Å². The minimum Gasteiger partial charge on any atom is -0.481 e. The SMILES string of the molecule is CCC(C)C(NC(=O)C1CCCCN1C)C(=O)N(COC(=O)CC(C)C)C(CC(OC(C)=O)c1nc(C(=O)NC(Cc2ccc(OC(=O)COC)cc2)CC(C)C(=O)O)cs1)C(C)C. The van der Waals surface area contributed by atoms with Crippen LogP contribution in [0.1, 0.15) is 127 Å². The number of piperidine rings is 1. The molecule has 356 valence electrons. The monoisotopic (exact) mass is 915 g/mol. The van der Waals surface area contributed by atoms with E-state index in [1.54, 1.807) is 31.2 Å². The van der Waals surface area contributed by atoms with Gasteiger partial charge in [0.05, 0.1) is 12.0 Å². The number of nitrogens with zero attached hydrogens (tertiary/aromatic N) is 3. The smallest absolute Gasteiger partial charge is 0.337 e. The number of aliphatic carboxylic acids is 1. The first-order valence-corrected chi connectivity index (χ1v) is 23.0. The third kappa shape index (κ3) is 16.9. The maximum Gasteiger partial charge on any atom is 0.337 e. The fourth-order valence-electron chi connectivity index (χ4n) is 7.53. The molecule has 2 heterocycles. The normalized spacial score (nSPS) is 17.0. The lowest BCUT2D eigenvalue weighted by molar-refractivity contribution is -0.161. The summed E-state index contributed by atoms with van der Waals surface area (Å²) in [5, 5.41) is 17.5. The molecule has 0 saturated carbocycles. The van der Waals surface area contributed by atoms with Crippen LogP contribution in [-0.4, -0.2) is 120 Å². The van der Waals surface area contributed by atoms with Crippen molar-refractivity contribution in [3.63, 3.8) is 0 Å². The number of esters is 3. The molecule has 1 aliphatic rings. The van der Waals surface area contributed by atoms with Gasteiger partial charge in [0, 0.05) is 44.3 Å². The number of carbonyl (C=O) groups excluding carboxylic acids is 6. The highest BCUT2D eigenvalue weighted by molar-refractivity contribution is 7.09. The number of benzene rings is 1. The minimum absolute atomic E-state index is 0.00346. The van der Waals surface area contributed by atoms with Gasteiger partial charge < -0.3 is 39.6 Å². The molecule has 64 heavy (non-hydrogen) atoms. The molecule has 1 saturated heterocycles. The zero-order chi connectivity index (χ0) is 47.7. The topological polar surface area (TPSA) is 220 Å². The summed E-state index contributed by atoms with van der Waals surface area (Å²) in [6.45, 7) is 14.3. The lowest BCUT2D eigenvalue weighted by Crippen LogP contribution is -2.59. The summed E-state index contributed by atoms with van der Waals surface area (Å²) in [5.41, 5.74) is 0.753. The molecular weight excluding hydrogens is 847 g/mol. The Morgan fingerprint density at radius 3 is 2.23 bits per heavy atom. The van der Waals surface area contributed by atoms with Crippen molar-refractivity contribution in [3.05, 3.63) is 45.9 Å². The van der Waals surface area contributed by atoms with Gasteiger partial charge >= 0.3 is 23.9 Å². The molecule has 0 spiro atoms. The first kappa shape index (κ1) is 53.4. The number of likely N-dealkylation sites (tertiary alicyclic amines) is 1. The summed E-state index contributed by atoms with van der Waals surface area (Å²) >= 11 is 1.08. The number of ether oxygens (including phenoxy) is 4. The lowest BCUT2D eigenvalue weighted by Gasteiger charge is -2.39. The maximum absolute atomic E-state index is 14.9. The van der Waals surface area contributed by atoms with Crippen molar-refractivity contribution < 1.29 is 57.6 Å². The average Bonchev–Trinajstić information content (AvgIpc) is 3.73. The Bertz CT molecular complexity index is 1870. The zero-order valence-corrected chi connectivity index (χ0v) is 39.9. The molecule has 17 nitrogen and oxygen atoms in total. The first-order chi connectivity index (χ1) is 30.2. The number of carboxylic acid groups (broad SMARTS) is 1. The van der Waals surface area contributed by atoms with Crippen LogP contribution in [0.25, 0.3) is 0 Å². The molecule has 18 heteroatoms. The Balaban J connectivity index is 1.94.